The van der Waals surface area contributed by atoms with Crippen LogP contribution in [0.3, 0.4) is 0 Å². The number of fused-ring (bicyclic) bond motifs is 5. The van der Waals surface area contributed by atoms with Gasteiger partial charge in [-0.05, 0) is 43.4 Å². The molecule has 0 aliphatic heterocycles. The first kappa shape index (κ1) is 10.8. The fourth-order valence-corrected chi connectivity index (χ4v) is 3.12. The average Bonchev–Trinajstić information content (AvgIpc) is 2.71. The van der Waals surface area contributed by atoms with Gasteiger partial charge in [0, 0.05) is 11.8 Å². The Labute approximate surface area is 112 Å². The van der Waals surface area contributed by atoms with Gasteiger partial charge in [-0.2, -0.15) is 0 Å². The zero-order valence-electron chi connectivity index (χ0n) is 11.1. The molecule has 2 heterocycles. The van der Waals surface area contributed by atoms with E-state index in [0.29, 0.717) is 0 Å². The van der Waals surface area contributed by atoms with Gasteiger partial charge in [0.1, 0.15) is 5.65 Å². The summed E-state index contributed by atoms with van der Waals surface area (Å²) in [5, 5.41) is 0. The summed E-state index contributed by atoms with van der Waals surface area (Å²) in [5.41, 5.74) is 7.64. The van der Waals surface area contributed by atoms with Crippen LogP contribution in [0.1, 0.15) is 23.2 Å². The minimum Gasteiger partial charge on any atom is -0.303 e. The third kappa shape index (κ3) is 1.53. The Balaban J connectivity index is 2.10. The second-order valence-corrected chi connectivity index (χ2v) is 5.30. The van der Waals surface area contributed by atoms with Crippen LogP contribution in [0.5, 0.6) is 0 Å². The number of imidazole rings is 1. The molecule has 2 nitrogen and oxygen atoms in total. The van der Waals surface area contributed by atoms with Gasteiger partial charge in [-0.25, -0.2) is 4.98 Å². The lowest BCUT2D eigenvalue weighted by Gasteiger charge is -2.03. The molecule has 0 saturated carbocycles. The van der Waals surface area contributed by atoms with Gasteiger partial charge in [-0.3, -0.25) is 0 Å². The molecule has 2 heteroatoms. The third-order valence-corrected chi connectivity index (χ3v) is 4.08. The molecule has 0 atom stereocenters. The molecule has 0 spiro atoms. The number of hydrogen-bond donors (Lipinski definition) is 0. The monoisotopic (exact) mass is 248 g/mol. The Hall–Kier alpha value is -2.09. The number of nitrogens with zero attached hydrogens (tertiary/aromatic N) is 2. The molecule has 3 aromatic rings. The van der Waals surface area contributed by atoms with Gasteiger partial charge in [0.2, 0.25) is 0 Å². The van der Waals surface area contributed by atoms with Crippen molar-refractivity contribution in [2.75, 3.05) is 0 Å². The van der Waals surface area contributed by atoms with E-state index in [1.807, 2.05) is 0 Å². The van der Waals surface area contributed by atoms with Gasteiger partial charge in [0.25, 0.3) is 0 Å². The average molecular weight is 248 g/mol. The van der Waals surface area contributed by atoms with Crippen molar-refractivity contribution in [2.45, 2.75) is 26.2 Å². The lowest BCUT2D eigenvalue weighted by Crippen LogP contribution is -1.94. The SMILES string of the molecule is Cc1cccn2c3c(nc12)-c1ccccc1CCC3. The van der Waals surface area contributed by atoms with Crippen molar-refractivity contribution in [3.05, 3.63) is 59.4 Å². The number of aryl methyl sites for hydroxylation is 3. The van der Waals surface area contributed by atoms with Crippen molar-refractivity contribution >= 4 is 5.65 Å². The van der Waals surface area contributed by atoms with E-state index in [1.165, 1.54) is 34.5 Å². The van der Waals surface area contributed by atoms with E-state index in [1.54, 1.807) is 0 Å². The van der Waals surface area contributed by atoms with Gasteiger partial charge in [0.05, 0.1) is 11.4 Å². The van der Waals surface area contributed by atoms with Crippen LogP contribution in [0, 0.1) is 6.92 Å². The van der Waals surface area contributed by atoms with Crippen LogP contribution in [0.4, 0.5) is 0 Å². The molecule has 19 heavy (non-hydrogen) atoms. The Kier molecular flexibility index (Phi) is 2.25. The minimum atomic E-state index is 1.10. The number of hydrogen-bond acceptors (Lipinski definition) is 1. The van der Waals surface area contributed by atoms with Crippen LogP contribution in [0.25, 0.3) is 16.9 Å². The second-order valence-electron chi connectivity index (χ2n) is 5.30. The van der Waals surface area contributed by atoms with Gasteiger partial charge in [-0.1, -0.05) is 30.3 Å². The zero-order valence-corrected chi connectivity index (χ0v) is 11.1. The molecule has 1 aliphatic rings. The molecule has 2 aromatic heterocycles. The minimum absolute atomic E-state index is 1.10. The fraction of sp³-hybridized carbons (Fsp3) is 0.235. The van der Waals surface area contributed by atoms with Gasteiger partial charge < -0.3 is 4.40 Å². The molecular formula is C17H16N2. The molecule has 1 aliphatic carbocycles. The number of rotatable bonds is 0. The van der Waals surface area contributed by atoms with Crippen LogP contribution in [-0.4, -0.2) is 9.38 Å². The molecule has 4 rings (SSSR count). The Morgan fingerprint density at radius 1 is 1.05 bits per heavy atom. The molecule has 1 aromatic carbocycles. The molecule has 0 unspecified atom stereocenters. The maximum atomic E-state index is 4.92. The van der Waals surface area contributed by atoms with Crippen molar-refractivity contribution in [2.24, 2.45) is 0 Å². The van der Waals surface area contributed by atoms with Crippen molar-refractivity contribution in [1.82, 2.24) is 9.38 Å². The molecule has 94 valence electrons. The first-order valence-electron chi connectivity index (χ1n) is 6.89. The van der Waals surface area contributed by atoms with Crippen LogP contribution >= 0.6 is 0 Å². The lowest BCUT2D eigenvalue weighted by molar-refractivity contribution is 0.805. The van der Waals surface area contributed by atoms with Crippen molar-refractivity contribution in [3.8, 4) is 11.3 Å². The van der Waals surface area contributed by atoms with Crippen LogP contribution in [-0.2, 0) is 12.8 Å². The van der Waals surface area contributed by atoms with Crippen molar-refractivity contribution < 1.29 is 0 Å². The van der Waals surface area contributed by atoms with E-state index in [0.717, 1.165) is 18.5 Å². The number of benzene rings is 1. The van der Waals surface area contributed by atoms with Gasteiger partial charge in [0.15, 0.2) is 0 Å². The Morgan fingerprint density at radius 3 is 2.89 bits per heavy atom. The van der Waals surface area contributed by atoms with E-state index >= 15 is 0 Å². The van der Waals surface area contributed by atoms with E-state index < -0.39 is 0 Å². The van der Waals surface area contributed by atoms with Crippen molar-refractivity contribution in [3.63, 3.8) is 0 Å². The number of pyridine rings is 1. The van der Waals surface area contributed by atoms with E-state index in [-0.39, 0.29) is 0 Å². The van der Waals surface area contributed by atoms with Gasteiger partial charge >= 0.3 is 0 Å². The highest BCUT2D eigenvalue weighted by atomic mass is 15.0. The molecule has 0 saturated heterocycles. The van der Waals surface area contributed by atoms with E-state index in [2.05, 4.69) is 53.9 Å². The molecule has 0 amide bonds. The first-order chi connectivity index (χ1) is 9.34. The summed E-state index contributed by atoms with van der Waals surface area (Å²) in [6.07, 6.45) is 5.60. The summed E-state index contributed by atoms with van der Waals surface area (Å²) in [4.78, 5) is 4.92. The first-order valence-corrected chi connectivity index (χ1v) is 6.89. The molecular weight excluding hydrogens is 232 g/mol. The summed E-state index contributed by atoms with van der Waals surface area (Å²) in [6, 6.07) is 12.9. The van der Waals surface area contributed by atoms with Crippen LogP contribution < -0.4 is 0 Å². The molecule has 0 radical (unpaired) electrons. The van der Waals surface area contributed by atoms with Gasteiger partial charge in [-0.15, -0.1) is 0 Å². The van der Waals surface area contributed by atoms with Crippen molar-refractivity contribution in [1.29, 1.82) is 0 Å². The quantitative estimate of drug-likeness (QED) is 0.591. The maximum absolute atomic E-state index is 4.92. The fourth-order valence-electron chi connectivity index (χ4n) is 3.12. The highest BCUT2D eigenvalue weighted by Gasteiger charge is 2.19. The smallest absolute Gasteiger partial charge is 0.140 e. The molecule has 0 bridgehead atoms. The summed E-state index contributed by atoms with van der Waals surface area (Å²) in [5.74, 6) is 0. The highest BCUT2D eigenvalue weighted by Crippen LogP contribution is 2.32. The second kappa shape index (κ2) is 3.95. The lowest BCUT2D eigenvalue weighted by atomic mass is 10.0. The summed E-state index contributed by atoms with van der Waals surface area (Å²) < 4.78 is 2.27. The van der Waals surface area contributed by atoms with E-state index in [9.17, 15) is 0 Å². The van der Waals surface area contributed by atoms with E-state index in [4.69, 9.17) is 4.98 Å². The Morgan fingerprint density at radius 2 is 1.95 bits per heavy atom. The predicted molar refractivity (Wildman–Crippen MR) is 77.4 cm³/mol. The predicted octanol–water partition coefficient (Wildman–Crippen LogP) is 3.80. The zero-order chi connectivity index (χ0) is 12.8. The number of aromatic nitrogens is 2. The van der Waals surface area contributed by atoms with Crippen LogP contribution in [0.15, 0.2) is 42.6 Å². The normalized spacial score (nSPS) is 13.9. The molecule has 0 fully saturated rings. The summed E-state index contributed by atoms with van der Waals surface area (Å²) >= 11 is 0. The Bertz CT molecular complexity index is 768. The topological polar surface area (TPSA) is 17.3 Å². The largest absolute Gasteiger partial charge is 0.303 e. The highest BCUT2D eigenvalue weighted by molar-refractivity contribution is 5.71. The standard InChI is InChI=1S/C17H16N2/c1-12-6-5-11-19-15-10-4-8-13-7-2-3-9-14(13)16(15)18-17(12)19/h2-3,5-7,9,11H,4,8,10H2,1H3. The van der Waals surface area contributed by atoms with Crippen LogP contribution in [0.2, 0.25) is 0 Å². The molecule has 0 N–H and O–H groups in total. The maximum Gasteiger partial charge on any atom is 0.140 e. The summed E-state index contributed by atoms with van der Waals surface area (Å²) in [7, 11) is 0. The summed E-state index contributed by atoms with van der Waals surface area (Å²) in [6.45, 7) is 2.13. The third-order valence-electron chi connectivity index (χ3n) is 4.08.